The molecule has 0 atom stereocenters. The summed E-state index contributed by atoms with van der Waals surface area (Å²) in [6.45, 7) is 0. The zero-order chi connectivity index (χ0) is 14.0. The minimum Gasteiger partial charge on any atom is -0.424 e. The molecule has 0 aliphatic carbocycles. The van der Waals surface area contributed by atoms with Crippen molar-refractivity contribution in [2.45, 2.75) is 0 Å². The zero-order valence-electron chi connectivity index (χ0n) is 10.3. The Morgan fingerprint density at radius 1 is 1.26 bits per heavy atom. The highest BCUT2D eigenvalue weighted by Gasteiger charge is 2.09. The highest BCUT2D eigenvalue weighted by atomic mass is 79.9. The van der Waals surface area contributed by atoms with Gasteiger partial charge in [-0.1, -0.05) is 0 Å². The number of hydrogen-bond acceptors (Lipinski definition) is 6. The van der Waals surface area contributed by atoms with Crippen molar-refractivity contribution in [2.75, 3.05) is 24.7 Å². The van der Waals surface area contributed by atoms with E-state index in [1.165, 1.54) is 12.1 Å². The van der Waals surface area contributed by atoms with Crippen LogP contribution >= 0.6 is 15.9 Å². The number of ether oxygens (including phenoxy) is 1. The molecule has 19 heavy (non-hydrogen) atoms. The number of aromatic nitrogens is 3. The van der Waals surface area contributed by atoms with Gasteiger partial charge in [0.25, 0.3) is 0 Å². The Bertz CT molecular complexity index is 608. The number of nitrogens with zero attached hydrogens (tertiary/aromatic N) is 4. The first kappa shape index (κ1) is 13.5. The Labute approximate surface area is 117 Å². The van der Waals surface area contributed by atoms with Crippen molar-refractivity contribution in [1.29, 1.82) is 0 Å². The predicted octanol–water partition coefficient (Wildman–Crippen LogP) is 2.21. The fraction of sp³-hybridized carbons (Fsp3) is 0.182. The van der Waals surface area contributed by atoms with Crippen molar-refractivity contribution < 1.29 is 9.13 Å². The summed E-state index contributed by atoms with van der Waals surface area (Å²) in [4.78, 5) is 13.5. The molecule has 0 saturated carbocycles. The SMILES string of the molecule is CN(C)c1nc(N)nc(Oc2ccc(Br)c(F)c2)n1. The van der Waals surface area contributed by atoms with Gasteiger partial charge in [-0.25, -0.2) is 4.39 Å². The van der Waals surface area contributed by atoms with Crippen LogP contribution in [0.5, 0.6) is 11.8 Å². The van der Waals surface area contributed by atoms with Crippen molar-refractivity contribution in [3.05, 3.63) is 28.5 Å². The molecule has 0 aliphatic heterocycles. The molecular weight excluding hydrogens is 317 g/mol. The van der Waals surface area contributed by atoms with Gasteiger partial charge in [0.2, 0.25) is 11.9 Å². The summed E-state index contributed by atoms with van der Waals surface area (Å²) in [7, 11) is 3.52. The molecule has 0 aliphatic rings. The fourth-order valence-electron chi connectivity index (χ4n) is 1.25. The first-order valence-electron chi connectivity index (χ1n) is 5.27. The Hall–Kier alpha value is -1.96. The maximum Gasteiger partial charge on any atom is 0.328 e. The number of anilines is 2. The summed E-state index contributed by atoms with van der Waals surface area (Å²) in [5.41, 5.74) is 5.55. The maximum absolute atomic E-state index is 13.4. The second kappa shape index (κ2) is 5.35. The van der Waals surface area contributed by atoms with Crippen molar-refractivity contribution in [1.82, 2.24) is 15.0 Å². The average molecular weight is 328 g/mol. The van der Waals surface area contributed by atoms with Crippen LogP contribution in [0.25, 0.3) is 0 Å². The topological polar surface area (TPSA) is 77.2 Å². The van der Waals surface area contributed by atoms with Gasteiger partial charge in [0.05, 0.1) is 4.47 Å². The first-order chi connectivity index (χ1) is 8.95. The lowest BCUT2D eigenvalue weighted by atomic mass is 10.3. The van der Waals surface area contributed by atoms with Crippen molar-refractivity contribution >= 4 is 27.8 Å². The third-order valence-electron chi connectivity index (χ3n) is 2.12. The van der Waals surface area contributed by atoms with E-state index < -0.39 is 5.82 Å². The van der Waals surface area contributed by atoms with E-state index in [9.17, 15) is 4.39 Å². The van der Waals surface area contributed by atoms with Gasteiger partial charge in [0.15, 0.2) is 0 Å². The second-order valence-electron chi connectivity index (χ2n) is 3.85. The van der Waals surface area contributed by atoms with Gasteiger partial charge in [0.1, 0.15) is 11.6 Å². The fourth-order valence-corrected chi connectivity index (χ4v) is 1.50. The Morgan fingerprint density at radius 3 is 2.63 bits per heavy atom. The molecule has 0 unspecified atom stereocenters. The average Bonchev–Trinajstić information content (AvgIpc) is 2.33. The smallest absolute Gasteiger partial charge is 0.328 e. The molecule has 2 N–H and O–H groups in total. The Morgan fingerprint density at radius 2 is 2.00 bits per heavy atom. The first-order valence-corrected chi connectivity index (χ1v) is 6.07. The highest BCUT2D eigenvalue weighted by Crippen LogP contribution is 2.24. The van der Waals surface area contributed by atoms with E-state index in [4.69, 9.17) is 10.5 Å². The van der Waals surface area contributed by atoms with Crippen LogP contribution in [0.1, 0.15) is 0 Å². The van der Waals surface area contributed by atoms with Crippen molar-refractivity contribution in [3.63, 3.8) is 0 Å². The van der Waals surface area contributed by atoms with Crippen molar-refractivity contribution in [3.8, 4) is 11.8 Å². The Kier molecular flexibility index (Phi) is 3.79. The normalized spacial score (nSPS) is 10.3. The van der Waals surface area contributed by atoms with E-state index in [0.29, 0.717) is 10.4 Å². The van der Waals surface area contributed by atoms with Gasteiger partial charge in [-0.05, 0) is 28.1 Å². The van der Waals surface area contributed by atoms with Crippen LogP contribution in [0.3, 0.4) is 0 Å². The van der Waals surface area contributed by atoms with Gasteiger partial charge in [0, 0.05) is 20.2 Å². The minimum absolute atomic E-state index is 0.0120. The molecule has 0 bridgehead atoms. The second-order valence-corrected chi connectivity index (χ2v) is 4.70. The van der Waals surface area contributed by atoms with Crippen LogP contribution in [-0.2, 0) is 0 Å². The highest BCUT2D eigenvalue weighted by molar-refractivity contribution is 9.10. The third kappa shape index (κ3) is 3.28. The summed E-state index contributed by atoms with van der Waals surface area (Å²) in [5.74, 6) is 0.231. The number of nitrogens with two attached hydrogens (primary N) is 1. The van der Waals surface area contributed by atoms with Crippen LogP contribution in [0.4, 0.5) is 16.3 Å². The largest absolute Gasteiger partial charge is 0.424 e. The minimum atomic E-state index is -0.438. The standard InChI is InChI=1S/C11H11BrFN5O/c1-18(2)10-15-9(14)16-11(17-10)19-6-3-4-7(12)8(13)5-6/h3-5H,1-2H3,(H2,14,15,16,17). The van der Waals surface area contributed by atoms with Crippen LogP contribution in [0, 0.1) is 5.82 Å². The number of hydrogen-bond donors (Lipinski definition) is 1. The van der Waals surface area contributed by atoms with Crippen LogP contribution < -0.4 is 15.4 Å². The molecule has 0 saturated heterocycles. The van der Waals surface area contributed by atoms with E-state index >= 15 is 0 Å². The molecule has 1 heterocycles. The number of benzene rings is 1. The molecule has 0 spiro atoms. The van der Waals surface area contributed by atoms with E-state index in [1.54, 1.807) is 25.1 Å². The molecule has 100 valence electrons. The van der Waals surface area contributed by atoms with E-state index in [2.05, 4.69) is 30.9 Å². The van der Waals surface area contributed by atoms with Crippen molar-refractivity contribution in [2.24, 2.45) is 0 Å². The quantitative estimate of drug-likeness (QED) is 0.931. The number of halogens is 2. The van der Waals surface area contributed by atoms with E-state index in [-0.39, 0.29) is 17.7 Å². The molecule has 2 rings (SSSR count). The molecule has 0 fully saturated rings. The monoisotopic (exact) mass is 327 g/mol. The van der Waals surface area contributed by atoms with Gasteiger partial charge >= 0.3 is 6.01 Å². The molecule has 6 nitrogen and oxygen atoms in total. The molecular formula is C11H11BrFN5O. The Balaban J connectivity index is 2.29. The van der Waals surface area contributed by atoms with E-state index in [0.717, 1.165) is 0 Å². The summed E-state index contributed by atoms with van der Waals surface area (Å²) >= 11 is 3.06. The van der Waals surface area contributed by atoms with Gasteiger partial charge in [-0.2, -0.15) is 15.0 Å². The molecule has 0 amide bonds. The predicted molar refractivity (Wildman–Crippen MR) is 72.7 cm³/mol. The summed E-state index contributed by atoms with van der Waals surface area (Å²) in [6.07, 6.45) is 0. The summed E-state index contributed by atoms with van der Waals surface area (Å²) < 4.78 is 19.1. The molecule has 2 aromatic rings. The molecule has 1 aromatic carbocycles. The number of rotatable bonds is 3. The lowest BCUT2D eigenvalue weighted by Crippen LogP contribution is -2.15. The lowest BCUT2D eigenvalue weighted by Gasteiger charge is -2.11. The summed E-state index contributed by atoms with van der Waals surface area (Å²) in [6, 6.07) is 4.35. The zero-order valence-corrected chi connectivity index (χ0v) is 11.8. The molecule has 8 heteroatoms. The van der Waals surface area contributed by atoms with Crippen LogP contribution in [-0.4, -0.2) is 29.0 Å². The van der Waals surface area contributed by atoms with Crippen LogP contribution in [0.15, 0.2) is 22.7 Å². The van der Waals surface area contributed by atoms with E-state index in [1.807, 2.05) is 0 Å². The van der Waals surface area contributed by atoms with Gasteiger partial charge < -0.3 is 15.4 Å². The maximum atomic E-state index is 13.4. The lowest BCUT2D eigenvalue weighted by molar-refractivity contribution is 0.436. The number of nitrogen functional groups attached to an aromatic ring is 1. The van der Waals surface area contributed by atoms with Gasteiger partial charge in [-0.15, -0.1) is 0 Å². The third-order valence-corrected chi connectivity index (χ3v) is 2.76. The molecule has 1 aromatic heterocycles. The summed E-state index contributed by atoms with van der Waals surface area (Å²) in [5, 5.41) is 0. The van der Waals surface area contributed by atoms with Gasteiger partial charge in [-0.3, -0.25) is 0 Å². The molecule has 0 radical (unpaired) electrons. The van der Waals surface area contributed by atoms with Crippen LogP contribution in [0.2, 0.25) is 0 Å².